The third-order valence-corrected chi connectivity index (χ3v) is 7.55. The maximum Gasteiger partial charge on any atom is 0.191 e. The molecule has 1 aromatic heterocycles. The Morgan fingerprint density at radius 1 is 1.32 bits per heavy atom. The van der Waals surface area contributed by atoms with Crippen molar-refractivity contribution >= 4 is 44.8 Å². The van der Waals surface area contributed by atoms with Gasteiger partial charge in [0.1, 0.15) is 5.82 Å². The number of rotatable bonds is 6. The first-order chi connectivity index (χ1) is 11.9. The first-order valence-corrected chi connectivity index (χ1v) is 11.3. The van der Waals surface area contributed by atoms with Crippen molar-refractivity contribution in [2.75, 3.05) is 11.5 Å². The molecule has 0 amide bonds. The lowest BCUT2D eigenvalue weighted by Gasteiger charge is -2.11. The summed E-state index contributed by atoms with van der Waals surface area (Å²) in [6.07, 6.45) is 2.36. The van der Waals surface area contributed by atoms with Crippen molar-refractivity contribution in [1.82, 2.24) is 14.8 Å². The SMILES string of the molecule is C=CCn1c(SCc2ccc(Cl)c(Cl)c2)nnc1[C@H]1CCS(=O)(=O)C1. The summed E-state index contributed by atoms with van der Waals surface area (Å²) in [6, 6.07) is 5.51. The molecule has 1 aliphatic heterocycles. The van der Waals surface area contributed by atoms with Gasteiger partial charge in [0.15, 0.2) is 15.0 Å². The zero-order valence-electron chi connectivity index (χ0n) is 13.4. The van der Waals surface area contributed by atoms with Crippen LogP contribution in [0.25, 0.3) is 0 Å². The van der Waals surface area contributed by atoms with E-state index in [0.29, 0.717) is 28.8 Å². The Labute approximate surface area is 161 Å². The molecule has 25 heavy (non-hydrogen) atoms. The van der Waals surface area contributed by atoms with Crippen LogP contribution in [-0.2, 0) is 22.1 Å². The first kappa shape index (κ1) is 18.8. The highest BCUT2D eigenvalue weighted by molar-refractivity contribution is 7.98. The molecule has 0 N–H and O–H groups in total. The molecule has 2 aromatic rings. The zero-order valence-corrected chi connectivity index (χ0v) is 16.5. The van der Waals surface area contributed by atoms with Crippen LogP contribution in [0.4, 0.5) is 0 Å². The maximum absolute atomic E-state index is 11.8. The van der Waals surface area contributed by atoms with Crippen LogP contribution in [0.3, 0.4) is 0 Å². The molecule has 134 valence electrons. The molecule has 0 saturated carbocycles. The van der Waals surface area contributed by atoms with Gasteiger partial charge in [0.25, 0.3) is 0 Å². The summed E-state index contributed by atoms with van der Waals surface area (Å²) in [7, 11) is -2.97. The van der Waals surface area contributed by atoms with Gasteiger partial charge in [0.2, 0.25) is 0 Å². The van der Waals surface area contributed by atoms with E-state index in [9.17, 15) is 8.42 Å². The van der Waals surface area contributed by atoms with Gasteiger partial charge in [-0.1, -0.05) is 47.1 Å². The Balaban J connectivity index is 1.79. The Morgan fingerprint density at radius 2 is 2.12 bits per heavy atom. The fraction of sp³-hybridized carbons (Fsp3) is 0.375. The number of halogens is 2. The Morgan fingerprint density at radius 3 is 2.76 bits per heavy atom. The average molecular weight is 418 g/mol. The number of aromatic nitrogens is 3. The normalized spacial score (nSPS) is 19.2. The van der Waals surface area contributed by atoms with Crippen molar-refractivity contribution in [3.8, 4) is 0 Å². The lowest BCUT2D eigenvalue weighted by atomic mass is 10.1. The molecular weight excluding hydrogens is 401 g/mol. The molecule has 1 aliphatic rings. The highest BCUT2D eigenvalue weighted by Crippen LogP contribution is 2.32. The molecule has 2 heterocycles. The average Bonchev–Trinajstić information content (AvgIpc) is 3.12. The lowest BCUT2D eigenvalue weighted by Crippen LogP contribution is -2.11. The van der Waals surface area contributed by atoms with Crippen molar-refractivity contribution < 1.29 is 8.42 Å². The number of sulfone groups is 1. The summed E-state index contributed by atoms with van der Waals surface area (Å²) in [5, 5.41) is 10.3. The maximum atomic E-state index is 11.8. The first-order valence-electron chi connectivity index (χ1n) is 7.71. The van der Waals surface area contributed by atoms with Crippen LogP contribution < -0.4 is 0 Å². The van der Waals surface area contributed by atoms with Gasteiger partial charge in [-0.25, -0.2) is 8.42 Å². The highest BCUT2D eigenvalue weighted by atomic mass is 35.5. The zero-order chi connectivity index (χ0) is 18.0. The van der Waals surface area contributed by atoms with E-state index in [1.165, 1.54) is 11.8 Å². The van der Waals surface area contributed by atoms with Crippen LogP contribution in [0.5, 0.6) is 0 Å². The predicted molar refractivity (Wildman–Crippen MR) is 102 cm³/mol. The Bertz CT molecular complexity index is 897. The molecule has 0 radical (unpaired) electrons. The molecule has 0 spiro atoms. The van der Waals surface area contributed by atoms with Crippen molar-refractivity contribution in [2.24, 2.45) is 0 Å². The van der Waals surface area contributed by atoms with E-state index in [0.717, 1.165) is 16.5 Å². The van der Waals surface area contributed by atoms with Crippen LogP contribution in [0, 0.1) is 0 Å². The van der Waals surface area contributed by atoms with Gasteiger partial charge in [0.05, 0.1) is 21.6 Å². The number of thioether (sulfide) groups is 1. The standard InChI is InChI=1S/C16H17Cl2N3O2S2/c1-2-6-21-15(12-5-7-25(22,23)10-12)19-20-16(21)24-9-11-3-4-13(17)14(18)8-11/h2-4,8,12H,1,5-7,9-10H2/t12-/m0/s1. The quantitative estimate of drug-likeness (QED) is 0.525. The third-order valence-electron chi connectivity index (χ3n) is 4.01. The van der Waals surface area contributed by atoms with Gasteiger partial charge in [-0.2, -0.15) is 0 Å². The Kier molecular flexibility index (Phi) is 5.78. The largest absolute Gasteiger partial charge is 0.302 e. The van der Waals surface area contributed by atoms with E-state index in [2.05, 4.69) is 16.8 Å². The van der Waals surface area contributed by atoms with Crippen LogP contribution in [0.15, 0.2) is 36.0 Å². The third kappa shape index (κ3) is 4.39. The Hall–Kier alpha value is -1.02. The van der Waals surface area contributed by atoms with Crippen molar-refractivity contribution in [2.45, 2.75) is 29.8 Å². The minimum absolute atomic E-state index is 0.100. The van der Waals surface area contributed by atoms with Crippen molar-refractivity contribution in [3.63, 3.8) is 0 Å². The lowest BCUT2D eigenvalue weighted by molar-refractivity contribution is 0.597. The summed E-state index contributed by atoms with van der Waals surface area (Å²) in [5.74, 6) is 1.63. The molecule has 9 heteroatoms. The van der Waals surface area contributed by atoms with E-state index in [4.69, 9.17) is 23.2 Å². The van der Waals surface area contributed by atoms with Gasteiger partial charge >= 0.3 is 0 Å². The number of allylic oxidation sites excluding steroid dienone is 1. The fourth-order valence-corrected chi connectivity index (χ4v) is 5.74. The molecule has 1 aromatic carbocycles. The van der Waals surface area contributed by atoms with E-state index in [1.807, 2.05) is 16.7 Å². The molecule has 0 unspecified atom stereocenters. The molecule has 3 rings (SSSR count). The van der Waals surface area contributed by atoms with Gasteiger partial charge in [-0.05, 0) is 24.1 Å². The molecule has 0 bridgehead atoms. The highest BCUT2D eigenvalue weighted by Gasteiger charge is 2.33. The van der Waals surface area contributed by atoms with Gasteiger partial charge in [-0.3, -0.25) is 0 Å². The minimum atomic E-state index is -2.97. The number of nitrogens with zero attached hydrogens (tertiary/aromatic N) is 3. The van der Waals surface area contributed by atoms with Crippen molar-refractivity contribution in [3.05, 3.63) is 52.3 Å². The van der Waals surface area contributed by atoms with E-state index >= 15 is 0 Å². The van der Waals surface area contributed by atoms with Crippen LogP contribution in [0.2, 0.25) is 10.0 Å². The smallest absolute Gasteiger partial charge is 0.191 e. The molecule has 1 saturated heterocycles. The molecule has 1 atom stereocenters. The van der Waals surface area contributed by atoms with Gasteiger partial charge in [-0.15, -0.1) is 16.8 Å². The van der Waals surface area contributed by atoms with Gasteiger partial charge < -0.3 is 4.57 Å². The summed E-state index contributed by atoms with van der Waals surface area (Å²) in [4.78, 5) is 0. The van der Waals surface area contributed by atoms with E-state index in [-0.39, 0.29) is 17.4 Å². The summed E-state index contributed by atoms with van der Waals surface area (Å²) in [5.41, 5.74) is 1.03. The number of benzene rings is 1. The number of hydrogen-bond acceptors (Lipinski definition) is 5. The topological polar surface area (TPSA) is 64.8 Å². The monoisotopic (exact) mass is 417 g/mol. The van der Waals surface area contributed by atoms with E-state index in [1.54, 1.807) is 12.1 Å². The van der Waals surface area contributed by atoms with Gasteiger partial charge in [0, 0.05) is 18.2 Å². The number of hydrogen-bond donors (Lipinski definition) is 0. The van der Waals surface area contributed by atoms with Crippen LogP contribution in [-0.4, -0.2) is 34.7 Å². The fourth-order valence-electron chi connectivity index (χ4n) is 2.79. The molecule has 0 aliphatic carbocycles. The summed E-state index contributed by atoms with van der Waals surface area (Å²) >= 11 is 13.5. The minimum Gasteiger partial charge on any atom is -0.302 e. The van der Waals surface area contributed by atoms with Crippen LogP contribution >= 0.6 is 35.0 Å². The van der Waals surface area contributed by atoms with E-state index < -0.39 is 9.84 Å². The summed E-state index contributed by atoms with van der Waals surface area (Å²) in [6.45, 7) is 4.32. The second-order valence-corrected chi connectivity index (χ2v) is 9.86. The van der Waals surface area contributed by atoms with Crippen molar-refractivity contribution in [1.29, 1.82) is 0 Å². The predicted octanol–water partition coefficient (Wildman–Crippen LogP) is 3.97. The second kappa shape index (κ2) is 7.70. The molecular formula is C16H17Cl2N3O2S2. The van der Waals surface area contributed by atoms with Crippen LogP contribution in [0.1, 0.15) is 23.7 Å². The molecule has 5 nitrogen and oxygen atoms in total. The second-order valence-electron chi connectivity index (χ2n) is 5.88. The molecule has 1 fully saturated rings. The summed E-state index contributed by atoms with van der Waals surface area (Å²) < 4.78 is 25.5.